The molecule has 0 heterocycles. The minimum absolute atomic E-state index is 0.245. The number of rotatable bonds is 6. The lowest BCUT2D eigenvalue weighted by molar-refractivity contribution is 0.284. The van der Waals surface area contributed by atoms with E-state index in [2.05, 4.69) is 19.2 Å². The van der Waals surface area contributed by atoms with E-state index in [9.17, 15) is 8.42 Å². The van der Waals surface area contributed by atoms with E-state index in [1.54, 1.807) is 13.8 Å². The van der Waals surface area contributed by atoms with Crippen LogP contribution in [-0.4, -0.2) is 32.0 Å². The van der Waals surface area contributed by atoms with Crippen LogP contribution in [0.1, 0.15) is 53.4 Å². The third-order valence-electron chi connectivity index (χ3n) is 3.97. The van der Waals surface area contributed by atoms with Crippen LogP contribution in [0.2, 0.25) is 0 Å². The van der Waals surface area contributed by atoms with E-state index in [1.165, 1.54) is 19.3 Å². The highest BCUT2D eigenvalue weighted by Crippen LogP contribution is 2.36. The van der Waals surface area contributed by atoms with Gasteiger partial charge in [-0.15, -0.1) is 0 Å². The summed E-state index contributed by atoms with van der Waals surface area (Å²) in [6.45, 7) is 8.91. The molecular weight excluding hydrogens is 234 g/mol. The first kappa shape index (κ1) is 15.0. The smallest absolute Gasteiger partial charge is 0.152 e. The SMILES string of the molecule is CC(C)S(=O)(=O)CCCN[C@@H]1CCCC1(C)C. The van der Waals surface area contributed by atoms with Gasteiger partial charge >= 0.3 is 0 Å². The molecular formula is C13H27NO2S. The van der Waals surface area contributed by atoms with Gasteiger partial charge in [-0.1, -0.05) is 20.3 Å². The maximum absolute atomic E-state index is 11.6. The zero-order chi connectivity index (χ0) is 13.1. The fourth-order valence-corrected chi connectivity index (χ4v) is 3.51. The summed E-state index contributed by atoms with van der Waals surface area (Å²) >= 11 is 0. The van der Waals surface area contributed by atoms with Crippen molar-refractivity contribution in [3.63, 3.8) is 0 Å². The minimum Gasteiger partial charge on any atom is -0.313 e. The van der Waals surface area contributed by atoms with E-state index >= 15 is 0 Å². The molecule has 0 radical (unpaired) electrons. The van der Waals surface area contributed by atoms with Gasteiger partial charge in [0.25, 0.3) is 0 Å². The minimum atomic E-state index is -2.86. The topological polar surface area (TPSA) is 46.2 Å². The molecule has 1 fully saturated rings. The highest BCUT2D eigenvalue weighted by molar-refractivity contribution is 7.91. The van der Waals surface area contributed by atoms with Crippen LogP contribution in [0.25, 0.3) is 0 Å². The van der Waals surface area contributed by atoms with E-state index < -0.39 is 9.84 Å². The van der Waals surface area contributed by atoms with Gasteiger partial charge in [0.2, 0.25) is 0 Å². The van der Waals surface area contributed by atoms with Gasteiger partial charge in [-0.2, -0.15) is 0 Å². The van der Waals surface area contributed by atoms with Crippen LogP contribution in [-0.2, 0) is 9.84 Å². The molecule has 0 unspecified atom stereocenters. The van der Waals surface area contributed by atoms with E-state index in [1.807, 2.05) is 0 Å². The first-order valence-electron chi connectivity index (χ1n) is 6.71. The summed E-state index contributed by atoms with van der Waals surface area (Å²) in [5.41, 5.74) is 0.372. The summed E-state index contributed by atoms with van der Waals surface area (Å²) in [6, 6.07) is 0.559. The third-order valence-corrected chi connectivity index (χ3v) is 6.27. The summed E-state index contributed by atoms with van der Waals surface area (Å²) in [4.78, 5) is 0. The van der Waals surface area contributed by atoms with Crippen molar-refractivity contribution in [3.8, 4) is 0 Å². The van der Waals surface area contributed by atoms with Crippen molar-refractivity contribution in [1.29, 1.82) is 0 Å². The fraction of sp³-hybridized carbons (Fsp3) is 1.00. The highest BCUT2D eigenvalue weighted by Gasteiger charge is 2.33. The normalized spacial score (nSPS) is 24.4. The molecule has 0 saturated heterocycles. The van der Waals surface area contributed by atoms with Crippen LogP contribution >= 0.6 is 0 Å². The molecule has 1 saturated carbocycles. The standard InChI is InChI=1S/C13H27NO2S/c1-11(2)17(15,16)10-6-9-14-12-7-5-8-13(12,3)4/h11-12,14H,5-10H2,1-4H3/t12-/m1/s1. The van der Waals surface area contributed by atoms with Crippen molar-refractivity contribution >= 4 is 9.84 Å². The lowest BCUT2D eigenvalue weighted by atomic mass is 9.87. The molecule has 1 rings (SSSR count). The highest BCUT2D eigenvalue weighted by atomic mass is 32.2. The fourth-order valence-electron chi connectivity index (χ4n) is 2.49. The molecule has 0 aromatic rings. The number of sulfone groups is 1. The molecule has 1 N–H and O–H groups in total. The average molecular weight is 261 g/mol. The lowest BCUT2D eigenvalue weighted by Gasteiger charge is -2.28. The molecule has 0 spiro atoms. The zero-order valence-electron chi connectivity index (χ0n) is 11.6. The Morgan fingerprint density at radius 1 is 1.35 bits per heavy atom. The summed E-state index contributed by atoms with van der Waals surface area (Å²) < 4.78 is 23.3. The van der Waals surface area contributed by atoms with Crippen LogP contribution in [0.15, 0.2) is 0 Å². The van der Waals surface area contributed by atoms with Gasteiger partial charge in [0.1, 0.15) is 0 Å². The van der Waals surface area contributed by atoms with Crippen molar-refractivity contribution in [2.75, 3.05) is 12.3 Å². The van der Waals surface area contributed by atoms with Crippen LogP contribution in [0.4, 0.5) is 0 Å². The molecule has 0 aromatic carbocycles. The maximum Gasteiger partial charge on any atom is 0.152 e. The molecule has 1 aliphatic carbocycles. The Bertz CT molecular complexity index is 333. The molecule has 102 valence electrons. The number of hydrogen-bond acceptors (Lipinski definition) is 3. The summed E-state index contributed by atoms with van der Waals surface area (Å²) in [5, 5.41) is 3.27. The van der Waals surface area contributed by atoms with Crippen molar-refractivity contribution in [2.24, 2.45) is 5.41 Å². The van der Waals surface area contributed by atoms with E-state index in [0.717, 1.165) is 13.0 Å². The number of hydrogen-bond donors (Lipinski definition) is 1. The Morgan fingerprint density at radius 2 is 2.00 bits per heavy atom. The second-order valence-corrected chi connectivity index (χ2v) is 8.83. The Kier molecular flexibility index (Phi) is 5.02. The second kappa shape index (κ2) is 5.70. The second-order valence-electron chi connectivity index (χ2n) is 6.16. The van der Waals surface area contributed by atoms with E-state index in [0.29, 0.717) is 17.2 Å². The predicted molar refractivity (Wildman–Crippen MR) is 73.0 cm³/mol. The van der Waals surface area contributed by atoms with Crippen LogP contribution in [0, 0.1) is 5.41 Å². The Hall–Kier alpha value is -0.0900. The maximum atomic E-state index is 11.6. The quantitative estimate of drug-likeness (QED) is 0.747. The van der Waals surface area contributed by atoms with Crippen molar-refractivity contribution < 1.29 is 8.42 Å². The van der Waals surface area contributed by atoms with Gasteiger partial charge in [-0.25, -0.2) is 8.42 Å². The molecule has 1 aliphatic rings. The van der Waals surface area contributed by atoms with E-state index in [4.69, 9.17) is 0 Å². The summed E-state index contributed by atoms with van der Waals surface area (Å²) in [7, 11) is -2.86. The predicted octanol–water partition coefficient (Wildman–Crippen LogP) is 2.37. The largest absolute Gasteiger partial charge is 0.313 e. The lowest BCUT2D eigenvalue weighted by Crippen LogP contribution is -2.38. The van der Waals surface area contributed by atoms with Gasteiger partial charge in [0.15, 0.2) is 9.84 Å². The van der Waals surface area contributed by atoms with Crippen molar-refractivity contribution in [2.45, 2.75) is 64.7 Å². The van der Waals surface area contributed by atoms with Gasteiger partial charge in [-0.05, 0) is 45.1 Å². The first-order valence-corrected chi connectivity index (χ1v) is 8.42. The summed E-state index contributed by atoms with van der Waals surface area (Å²) in [5.74, 6) is 0.310. The molecule has 4 heteroatoms. The van der Waals surface area contributed by atoms with Crippen LogP contribution in [0.5, 0.6) is 0 Å². The molecule has 0 bridgehead atoms. The average Bonchev–Trinajstić information content (AvgIpc) is 2.52. The van der Waals surface area contributed by atoms with Crippen LogP contribution in [0.3, 0.4) is 0 Å². The van der Waals surface area contributed by atoms with Gasteiger partial charge in [0.05, 0.1) is 11.0 Å². The molecule has 0 aliphatic heterocycles. The van der Waals surface area contributed by atoms with E-state index in [-0.39, 0.29) is 5.25 Å². The van der Waals surface area contributed by atoms with Gasteiger partial charge in [-0.3, -0.25) is 0 Å². The first-order chi connectivity index (χ1) is 7.76. The molecule has 3 nitrogen and oxygen atoms in total. The third kappa shape index (κ3) is 4.25. The molecule has 17 heavy (non-hydrogen) atoms. The summed E-state index contributed by atoms with van der Waals surface area (Å²) in [6.07, 6.45) is 4.51. The van der Waals surface area contributed by atoms with Crippen molar-refractivity contribution in [3.05, 3.63) is 0 Å². The number of nitrogens with one attached hydrogen (secondary N) is 1. The van der Waals surface area contributed by atoms with Gasteiger partial charge in [0, 0.05) is 6.04 Å². The zero-order valence-corrected chi connectivity index (χ0v) is 12.4. The molecule has 0 aromatic heterocycles. The molecule has 0 amide bonds. The molecule has 1 atom stereocenters. The van der Waals surface area contributed by atoms with Crippen molar-refractivity contribution in [1.82, 2.24) is 5.32 Å². The Labute approximate surface area is 106 Å². The monoisotopic (exact) mass is 261 g/mol. The Balaban J connectivity index is 2.26. The Morgan fingerprint density at radius 3 is 2.47 bits per heavy atom. The van der Waals surface area contributed by atoms with Gasteiger partial charge < -0.3 is 5.32 Å². The van der Waals surface area contributed by atoms with Crippen LogP contribution < -0.4 is 5.32 Å².